The second-order valence-corrected chi connectivity index (χ2v) is 3.04. The molecule has 1 rings (SSSR count). The topological polar surface area (TPSA) is 32.3 Å². The smallest absolute Gasteiger partial charge is 0.0710 e. The summed E-state index contributed by atoms with van der Waals surface area (Å²) in [5.41, 5.74) is 1.05. The summed E-state index contributed by atoms with van der Waals surface area (Å²) >= 11 is 0. The van der Waals surface area contributed by atoms with Crippen LogP contribution in [0.3, 0.4) is 0 Å². The molecule has 0 fully saturated rings. The maximum absolute atomic E-state index is 9.22. The molecule has 0 unspecified atom stereocenters. The van der Waals surface area contributed by atoms with E-state index in [0.29, 0.717) is 0 Å². The third-order valence-electron chi connectivity index (χ3n) is 1.89. The van der Waals surface area contributed by atoms with E-state index in [1.54, 1.807) is 6.92 Å². The summed E-state index contributed by atoms with van der Waals surface area (Å²) in [5.74, 6) is 0. The summed E-state index contributed by atoms with van der Waals surface area (Å²) in [5, 5.41) is 12.4. The number of aliphatic hydroxyl groups is 1. The van der Waals surface area contributed by atoms with Crippen LogP contribution < -0.4 is 5.32 Å². The van der Waals surface area contributed by atoms with Gasteiger partial charge in [-0.25, -0.2) is 0 Å². The van der Waals surface area contributed by atoms with E-state index in [0.717, 1.165) is 5.69 Å². The summed E-state index contributed by atoms with van der Waals surface area (Å²) in [7, 11) is 0. The molecule has 0 saturated heterocycles. The van der Waals surface area contributed by atoms with E-state index < -0.39 is 0 Å². The van der Waals surface area contributed by atoms with E-state index in [9.17, 15) is 5.11 Å². The molecule has 0 aliphatic carbocycles. The minimum absolute atomic E-state index is 0.0902. The predicted octanol–water partition coefficient (Wildman–Crippen LogP) is 1.87. The fraction of sp³-hybridized carbons (Fsp3) is 0.400. The maximum Gasteiger partial charge on any atom is 0.0710 e. The van der Waals surface area contributed by atoms with Crippen LogP contribution in [0.4, 0.5) is 5.69 Å². The van der Waals surface area contributed by atoms with Crippen LogP contribution in [0.2, 0.25) is 0 Å². The van der Waals surface area contributed by atoms with Gasteiger partial charge in [0.2, 0.25) is 0 Å². The lowest BCUT2D eigenvalue weighted by molar-refractivity contribution is 0.178. The molecule has 0 radical (unpaired) electrons. The highest BCUT2D eigenvalue weighted by molar-refractivity contribution is 5.43. The third kappa shape index (κ3) is 2.55. The Morgan fingerprint density at radius 2 is 1.75 bits per heavy atom. The number of para-hydroxylation sites is 1. The average molecular weight is 165 g/mol. The molecule has 0 amide bonds. The minimum atomic E-state index is -0.329. The number of hydrogen-bond donors (Lipinski definition) is 2. The van der Waals surface area contributed by atoms with Crippen molar-refractivity contribution in [2.45, 2.75) is 26.0 Å². The van der Waals surface area contributed by atoms with Gasteiger partial charge in [0.1, 0.15) is 0 Å². The van der Waals surface area contributed by atoms with Crippen LogP contribution in [0.15, 0.2) is 30.3 Å². The number of anilines is 1. The quantitative estimate of drug-likeness (QED) is 0.716. The lowest BCUT2D eigenvalue weighted by Gasteiger charge is -2.17. The van der Waals surface area contributed by atoms with Crippen molar-refractivity contribution in [3.05, 3.63) is 30.3 Å². The van der Waals surface area contributed by atoms with Gasteiger partial charge >= 0.3 is 0 Å². The van der Waals surface area contributed by atoms with Gasteiger partial charge in [0, 0.05) is 11.7 Å². The molecule has 12 heavy (non-hydrogen) atoms. The van der Waals surface area contributed by atoms with E-state index >= 15 is 0 Å². The molecular formula is C10H15NO. The normalized spacial score (nSPS) is 15.2. The number of benzene rings is 1. The molecule has 2 nitrogen and oxygen atoms in total. The van der Waals surface area contributed by atoms with Gasteiger partial charge in [-0.15, -0.1) is 0 Å². The molecule has 0 aliphatic rings. The van der Waals surface area contributed by atoms with Crippen molar-refractivity contribution in [3.63, 3.8) is 0 Å². The molecule has 1 aromatic rings. The van der Waals surface area contributed by atoms with Crippen molar-refractivity contribution in [3.8, 4) is 0 Å². The van der Waals surface area contributed by atoms with Crippen molar-refractivity contribution in [1.82, 2.24) is 0 Å². The Balaban J connectivity index is 2.53. The first-order valence-electron chi connectivity index (χ1n) is 4.20. The van der Waals surface area contributed by atoms with Crippen molar-refractivity contribution in [2.24, 2.45) is 0 Å². The molecule has 2 N–H and O–H groups in total. The lowest BCUT2D eigenvalue weighted by atomic mass is 10.2. The van der Waals surface area contributed by atoms with E-state index in [2.05, 4.69) is 5.32 Å². The van der Waals surface area contributed by atoms with Crippen LogP contribution in [-0.4, -0.2) is 17.3 Å². The Bertz CT molecular complexity index is 221. The fourth-order valence-electron chi connectivity index (χ4n) is 0.918. The second kappa shape index (κ2) is 4.12. The Kier molecular flexibility index (Phi) is 3.11. The molecule has 66 valence electrons. The summed E-state index contributed by atoms with van der Waals surface area (Å²) < 4.78 is 0. The molecule has 0 aromatic heterocycles. The van der Waals surface area contributed by atoms with Crippen LogP contribution >= 0.6 is 0 Å². The van der Waals surface area contributed by atoms with Gasteiger partial charge in [-0.2, -0.15) is 0 Å². The molecule has 2 heteroatoms. The van der Waals surface area contributed by atoms with Crippen molar-refractivity contribution < 1.29 is 5.11 Å². The molecule has 0 bridgehead atoms. The van der Waals surface area contributed by atoms with Gasteiger partial charge in [0.05, 0.1) is 6.10 Å². The van der Waals surface area contributed by atoms with Gasteiger partial charge in [-0.1, -0.05) is 18.2 Å². The lowest BCUT2D eigenvalue weighted by Crippen LogP contribution is -2.27. The van der Waals surface area contributed by atoms with E-state index in [1.807, 2.05) is 37.3 Å². The van der Waals surface area contributed by atoms with Crippen molar-refractivity contribution in [2.75, 3.05) is 5.32 Å². The molecule has 1 aromatic carbocycles. The first kappa shape index (κ1) is 9.07. The zero-order valence-electron chi connectivity index (χ0n) is 7.49. The largest absolute Gasteiger partial charge is 0.391 e. The zero-order chi connectivity index (χ0) is 8.97. The zero-order valence-corrected chi connectivity index (χ0v) is 7.49. The van der Waals surface area contributed by atoms with Gasteiger partial charge in [-0.3, -0.25) is 0 Å². The Morgan fingerprint density at radius 3 is 2.25 bits per heavy atom. The summed E-state index contributed by atoms with van der Waals surface area (Å²) in [6.45, 7) is 3.73. The van der Waals surface area contributed by atoms with Crippen LogP contribution in [0.1, 0.15) is 13.8 Å². The highest BCUT2D eigenvalue weighted by atomic mass is 16.3. The van der Waals surface area contributed by atoms with Crippen LogP contribution in [0, 0.1) is 0 Å². The molecule has 0 saturated carbocycles. The predicted molar refractivity (Wildman–Crippen MR) is 51.2 cm³/mol. The number of aliphatic hydroxyl groups excluding tert-OH is 1. The Labute approximate surface area is 73.2 Å². The maximum atomic E-state index is 9.22. The minimum Gasteiger partial charge on any atom is -0.391 e. The third-order valence-corrected chi connectivity index (χ3v) is 1.89. The highest BCUT2D eigenvalue weighted by Gasteiger charge is 2.06. The average Bonchev–Trinajstić information content (AvgIpc) is 2.06. The monoisotopic (exact) mass is 165 g/mol. The number of rotatable bonds is 3. The summed E-state index contributed by atoms with van der Waals surface area (Å²) in [4.78, 5) is 0. The molecular weight excluding hydrogens is 150 g/mol. The van der Waals surface area contributed by atoms with Gasteiger partial charge in [-0.05, 0) is 26.0 Å². The van der Waals surface area contributed by atoms with Crippen LogP contribution in [-0.2, 0) is 0 Å². The van der Waals surface area contributed by atoms with Gasteiger partial charge in [0.15, 0.2) is 0 Å². The van der Waals surface area contributed by atoms with Gasteiger partial charge in [0.25, 0.3) is 0 Å². The van der Waals surface area contributed by atoms with E-state index in [1.165, 1.54) is 0 Å². The number of nitrogens with one attached hydrogen (secondary N) is 1. The van der Waals surface area contributed by atoms with Crippen LogP contribution in [0.25, 0.3) is 0 Å². The summed E-state index contributed by atoms with van der Waals surface area (Å²) in [6.07, 6.45) is -0.329. The Hall–Kier alpha value is -1.02. The molecule has 2 atom stereocenters. The van der Waals surface area contributed by atoms with Crippen LogP contribution in [0.5, 0.6) is 0 Å². The summed E-state index contributed by atoms with van der Waals surface area (Å²) in [6, 6.07) is 9.97. The highest BCUT2D eigenvalue weighted by Crippen LogP contribution is 2.08. The first-order chi connectivity index (χ1) is 5.70. The SMILES string of the molecule is C[C@H](O)[C@H](C)Nc1ccccc1. The van der Waals surface area contributed by atoms with Crippen molar-refractivity contribution in [1.29, 1.82) is 0 Å². The molecule has 0 aliphatic heterocycles. The van der Waals surface area contributed by atoms with Gasteiger partial charge < -0.3 is 10.4 Å². The second-order valence-electron chi connectivity index (χ2n) is 3.04. The number of hydrogen-bond acceptors (Lipinski definition) is 2. The Morgan fingerprint density at radius 1 is 1.17 bits per heavy atom. The van der Waals surface area contributed by atoms with Crippen molar-refractivity contribution >= 4 is 5.69 Å². The fourth-order valence-corrected chi connectivity index (χ4v) is 0.918. The standard InChI is InChI=1S/C10H15NO/c1-8(9(2)12)11-10-6-4-3-5-7-10/h3-9,11-12H,1-2H3/t8-,9-/m0/s1. The first-order valence-corrected chi connectivity index (χ1v) is 4.20. The van der Waals surface area contributed by atoms with E-state index in [4.69, 9.17) is 0 Å². The van der Waals surface area contributed by atoms with E-state index in [-0.39, 0.29) is 12.1 Å². The molecule has 0 heterocycles. The molecule has 0 spiro atoms.